The van der Waals surface area contributed by atoms with Crippen LogP contribution in [0.3, 0.4) is 0 Å². The molecule has 0 aliphatic heterocycles. The molecule has 0 atom stereocenters. The highest BCUT2D eigenvalue weighted by Crippen LogP contribution is 2.34. The second-order valence-electron chi connectivity index (χ2n) is 4.39. The zero-order valence-corrected chi connectivity index (χ0v) is 12.9. The van der Waals surface area contributed by atoms with E-state index in [9.17, 15) is 0 Å². The molecule has 0 radical (unpaired) electrons. The standard InChI is InChI=1S/C15H20N2O2S/c1-4-7-16-9-11-10-20-15(17-11)13-6-5-12(18-2)8-14(13)19-3/h5-6,8,10,16H,4,7,9H2,1-3H3. The summed E-state index contributed by atoms with van der Waals surface area (Å²) in [4.78, 5) is 4.65. The molecule has 5 heteroatoms. The lowest BCUT2D eigenvalue weighted by Gasteiger charge is -2.08. The summed E-state index contributed by atoms with van der Waals surface area (Å²) in [7, 11) is 3.31. The summed E-state index contributed by atoms with van der Waals surface area (Å²) in [6.45, 7) is 3.98. The van der Waals surface area contributed by atoms with Gasteiger partial charge in [0.1, 0.15) is 16.5 Å². The Morgan fingerprint density at radius 3 is 2.80 bits per heavy atom. The predicted molar refractivity (Wildman–Crippen MR) is 82.7 cm³/mol. The fourth-order valence-corrected chi connectivity index (χ4v) is 2.73. The van der Waals surface area contributed by atoms with Crippen LogP contribution < -0.4 is 14.8 Å². The second-order valence-corrected chi connectivity index (χ2v) is 5.25. The number of methoxy groups -OCH3 is 2. The van der Waals surface area contributed by atoms with Gasteiger partial charge in [0.05, 0.1) is 25.5 Å². The lowest BCUT2D eigenvalue weighted by molar-refractivity contribution is 0.395. The quantitative estimate of drug-likeness (QED) is 0.795. The molecule has 0 unspecified atom stereocenters. The highest BCUT2D eigenvalue weighted by atomic mass is 32.1. The maximum atomic E-state index is 5.42. The minimum absolute atomic E-state index is 0.784. The van der Waals surface area contributed by atoms with Gasteiger partial charge >= 0.3 is 0 Å². The van der Waals surface area contributed by atoms with Crippen molar-refractivity contribution in [3.63, 3.8) is 0 Å². The number of ether oxygens (including phenoxy) is 2. The topological polar surface area (TPSA) is 43.4 Å². The first-order valence-electron chi connectivity index (χ1n) is 6.66. The third kappa shape index (κ3) is 3.49. The van der Waals surface area contributed by atoms with Crippen molar-refractivity contribution >= 4 is 11.3 Å². The molecule has 0 saturated heterocycles. The summed E-state index contributed by atoms with van der Waals surface area (Å²) >= 11 is 1.63. The molecule has 1 aromatic carbocycles. The van der Waals surface area contributed by atoms with Crippen molar-refractivity contribution in [2.45, 2.75) is 19.9 Å². The Kier molecular flexibility index (Phi) is 5.38. The third-order valence-electron chi connectivity index (χ3n) is 2.92. The van der Waals surface area contributed by atoms with Crippen LogP contribution in [-0.2, 0) is 6.54 Å². The molecule has 0 fully saturated rings. The molecule has 0 saturated carbocycles. The van der Waals surface area contributed by atoms with Crippen LogP contribution in [-0.4, -0.2) is 25.7 Å². The van der Waals surface area contributed by atoms with Crippen LogP contribution in [0.4, 0.5) is 0 Å². The van der Waals surface area contributed by atoms with E-state index in [2.05, 4.69) is 22.6 Å². The van der Waals surface area contributed by atoms with Gasteiger partial charge in [0.2, 0.25) is 0 Å². The van der Waals surface area contributed by atoms with Crippen molar-refractivity contribution in [1.82, 2.24) is 10.3 Å². The summed E-state index contributed by atoms with van der Waals surface area (Å²) in [6, 6.07) is 5.79. The molecule has 4 nitrogen and oxygen atoms in total. The van der Waals surface area contributed by atoms with Gasteiger partial charge in [0.25, 0.3) is 0 Å². The van der Waals surface area contributed by atoms with E-state index < -0.39 is 0 Å². The first kappa shape index (κ1) is 14.8. The zero-order chi connectivity index (χ0) is 14.4. The van der Waals surface area contributed by atoms with Gasteiger partial charge in [-0.3, -0.25) is 0 Å². The maximum Gasteiger partial charge on any atom is 0.132 e. The summed E-state index contributed by atoms with van der Waals surface area (Å²) in [5.41, 5.74) is 2.07. The lowest BCUT2D eigenvalue weighted by Crippen LogP contribution is -2.13. The Bertz CT molecular complexity index is 555. The molecule has 0 aliphatic rings. The number of aromatic nitrogens is 1. The minimum atomic E-state index is 0.784. The highest BCUT2D eigenvalue weighted by Gasteiger charge is 2.11. The average Bonchev–Trinajstić information content (AvgIpc) is 2.95. The van der Waals surface area contributed by atoms with Gasteiger partial charge in [-0.2, -0.15) is 0 Å². The van der Waals surface area contributed by atoms with Crippen LogP contribution >= 0.6 is 11.3 Å². The summed E-state index contributed by atoms with van der Waals surface area (Å²) in [5.74, 6) is 1.57. The molecule has 1 aromatic heterocycles. The van der Waals surface area contributed by atoms with Crippen molar-refractivity contribution in [1.29, 1.82) is 0 Å². The molecule has 0 aliphatic carbocycles. The van der Waals surface area contributed by atoms with E-state index in [0.29, 0.717) is 0 Å². The summed E-state index contributed by atoms with van der Waals surface area (Å²) < 4.78 is 10.6. The SMILES string of the molecule is CCCNCc1csc(-c2ccc(OC)cc2OC)n1. The molecule has 2 rings (SSSR count). The first-order chi connectivity index (χ1) is 9.78. The van der Waals surface area contributed by atoms with E-state index in [4.69, 9.17) is 9.47 Å². The fraction of sp³-hybridized carbons (Fsp3) is 0.400. The fourth-order valence-electron chi connectivity index (χ4n) is 1.88. The van der Waals surface area contributed by atoms with Gasteiger partial charge in [-0.25, -0.2) is 4.98 Å². The molecule has 0 spiro atoms. The lowest BCUT2D eigenvalue weighted by atomic mass is 10.2. The molecule has 108 valence electrons. The molecule has 2 aromatic rings. The van der Waals surface area contributed by atoms with Crippen molar-refractivity contribution in [3.8, 4) is 22.1 Å². The first-order valence-corrected chi connectivity index (χ1v) is 7.54. The number of rotatable bonds is 7. The van der Waals surface area contributed by atoms with E-state index in [1.165, 1.54) is 0 Å². The molecule has 0 amide bonds. The van der Waals surface area contributed by atoms with Crippen molar-refractivity contribution in [2.24, 2.45) is 0 Å². The van der Waals surface area contributed by atoms with Crippen LogP contribution in [0.1, 0.15) is 19.0 Å². The molecule has 20 heavy (non-hydrogen) atoms. The van der Waals surface area contributed by atoms with Gasteiger partial charge < -0.3 is 14.8 Å². The number of hydrogen-bond acceptors (Lipinski definition) is 5. The Morgan fingerprint density at radius 1 is 1.25 bits per heavy atom. The van der Waals surface area contributed by atoms with Crippen molar-refractivity contribution in [2.75, 3.05) is 20.8 Å². The van der Waals surface area contributed by atoms with E-state index in [1.807, 2.05) is 18.2 Å². The van der Waals surface area contributed by atoms with Crippen LogP contribution in [0.25, 0.3) is 10.6 Å². The third-order valence-corrected chi connectivity index (χ3v) is 3.85. The van der Waals surface area contributed by atoms with Gasteiger partial charge in [-0.05, 0) is 25.1 Å². The predicted octanol–water partition coefficient (Wildman–Crippen LogP) is 3.33. The maximum absolute atomic E-state index is 5.42. The van der Waals surface area contributed by atoms with E-state index >= 15 is 0 Å². The van der Waals surface area contributed by atoms with E-state index in [0.717, 1.165) is 47.3 Å². The monoisotopic (exact) mass is 292 g/mol. The largest absolute Gasteiger partial charge is 0.497 e. The van der Waals surface area contributed by atoms with Crippen molar-refractivity contribution in [3.05, 3.63) is 29.3 Å². The van der Waals surface area contributed by atoms with Gasteiger partial charge in [0.15, 0.2) is 0 Å². The zero-order valence-electron chi connectivity index (χ0n) is 12.1. The van der Waals surface area contributed by atoms with E-state index in [-0.39, 0.29) is 0 Å². The Morgan fingerprint density at radius 2 is 2.10 bits per heavy atom. The Balaban J connectivity index is 2.18. The number of nitrogens with zero attached hydrogens (tertiary/aromatic N) is 1. The Labute approximate surface area is 123 Å². The molecular weight excluding hydrogens is 272 g/mol. The van der Waals surface area contributed by atoms with Crippen LogP contribution in [0.2, 0.25) is 0 Å². The molecule has 0 bridgehead atoms. The summed E-state index contributed by atoms with van der Waals surface area (Å²) in [6.07, 6.45) is 1.13. The van der Waals surface area contributed by atoms with Gasteiger partial charge in [-0.1, -0.05) is 6.92 Å². The van der Waals surface area contributed by atoms with Crippen LogP contribution in [0, 0.1) is 0 Å². The number of thiazole rings is 1. The van der Waals surface area contributed by atoms with Crippen LogP contribution in [0.5, 0.6) is 11.5 Å². The summed E-state index contributed by atoms with van der Waals surface area (Å²) in [5, 5.41) is 6.41. The number of benzene rings is 1. The molecule has 1 heterocycles. The second kappa shape index (κ2) is 7.26. The van der Waals surface area contributed by atoms with E-state index in [1.54, 1.807) is 25.6 Å². The number of nitrogens with one attached hydrogen (secondary N) is 1. The smallest absolute Gasteiger partial charge is 0.132 e. The molecule has 1 N–H and O–H groups in total. The van der Waals surface area contributed by atoms with Gasteiger partial charge in [0, 0.05) is 18.0 Å². The van der Waals surface area contributed by atoms with Gasteiger partial charge in [-0.15, -0.1) is 11.3 Å². The highest BCUT2D eigenvalue weighted by molar-refractivity contribution is 7.13. The van der Waals surface area contributed by atoms with Crippen molar-refractivity contribution < 1.29 is 9.47 Å². The minimum Gasteiger partial charge on any atom is -0.497 e. The molecular formula is C15H20N2O2S. The Hall–Kier alpha value is -1.59. The normalized spacial score (nSPS) is 10.6. The number of hydrogen-bond donors (Lipinski definition) is 1. The average molecular weight is 292 g/mol. The van der Waals surface area contributed by atoms with Crippen LogP contribution in [0.15, 0.2) is 23.6 Å².